The van der Waals surface area contributed by atoms with Crippen LogP contribution in [0.1, 0.15) is 51.2 Å². The van der Waals surface area contributed by atoms with E-state index in [1.165, 1.54) is 23.1 Å². The van der Waals surface area contributed by atoms with Gasteiger partial charge in [0, 0.05) is 44.4 Å². The lowest BCUT2D eigenvalue weighted by molar-refractivity contribution is 0.271. The average molecular weight is 456 g/mol. The lowest BCUT2D eigenvalue weighted by Crippen LogP contribution is -2.46. The molecule has 0 saturated carbocycles. The van der Waals surface area contributed by atoms with Crippen molar-refractivity contribution >= 4 is 23.0 Å². The van der Waals surface area contributed by atoms with Crippen molar-refractivity contribution in [2.24, 2.45) is 0 Å². The van der Waals surface area contributed by atoms with Crippen LogP contribution in [0.4, 0.5) is 15.8 Å². The molecular weight excluding hydrogens is 421 g/mol. The summed E-state index contributed by atoms with van der Waals surface area (Å²) >= 11 is 0. The first-order chi connectivity index (χ1) is 15.7. The summed E-state index contributed by atoms with van der Waals surface area (Å²) < 4.78 is 15.4. The zero-order chi connectivity index (χ0) is 24.3. The first kappa shape index (κ1) is 24.5. The first-order valence-corrected chi connectivity index (χ1v) is 11.5. The Morgan fingerprint density at radius 3 is 2.24 bits per heavy atom. The summed E-state index contributed by atoms with van der Waals surface area (Å²) in [5, 5.41) is 37.8. The van der Waals surface area contributed by atoms with Gasteiger partial charge in [-0.25, -0.2) is 4.39 Å². The standard InChI is InChI=1S/C25H34FN5O2/c1-5-24(27)31(25(28)19-14-18(16(3)4)22(32)15-23(19)33)21-8-7-17(13-20(21)26)30-11-9-29(6-2)10-12-30/h7-8,13-16,27-28,32-33H,5-6,9-12H2,1-4H3. The highest BCUT2D eigenvalue weighted by molar-refractivity contribution is 6.23. The van der Waals surface area contributed by atoms with E-state index in [4.69, 9.17) is 10.8 Å². The van der Waals surface area contributed by atoms with E-state index in [1.54, 1.807) is 13.0 Å². The number of phenols is 2. The molecule has 2 aromatic carbocycles. The number of hydrogen-bond donors (Lipinski definition) is 4. The van der Waals surface area contributed by atoms with E-state index in [1.807, 2.05) is 19.9 Å². The molecule has 0 radical (unpaired) electrons. The summed E-state index contributed by atoms with van der Waals surface area (Å²) in [5.74, 6) is -1.11. The number of phenolic OH excluding ortho intramolecular Hbond substituents is 2. The summed E-state index contributed by atoms with van der Waals surface area (Å²) in [4.78, 5) is 5.70. The summed E-state index contributed by atoms with van der Waals surface area (Å²) in [6.45, 7) is 12.2. The number of piperazine rings is 1. The van der Waals surface area contributed by atoms with Crippen LogP contribution < -0.4 is 9.80 Å². The zero-order valence-electron chi connectivity index (χ0n) is 19.8. The smallest absolute Gasteiger partial charge is 0.149 e. The first-order valence-electron chi connectivity index (χ1n) is 11.5. The normalized spacial score (nSPS) is 14.5. The van der Waals surface area contributed by atoms with E-state index in [9.17, 15) is 10.2 Å². The van der Waals surface area contributed by atoms with Gasteiger partial charge < -0.3 is 20.0 Å². The van der Waals surface area contributed by atoms with Gasteiger partial charge in [-0.15, -0.1) is 0 Å². The quantitative estimate of drug-likeness (QED) is 0.373. The largest absolute Gasteiger partial charge is 0.508 e. The number of anilines is 2. The van der Waals surface area contributed by atoms with Crippen molar-refractivity contribution in [3.63, 3.8) is 0 Å². The van der Waals surface area contributed by atoms with Gasteiger partial charge in [0.2, 0.25) is 0 Å². The minimum atomic E-state index is -0.532. The van der Waals surface area contributed by atoms with E-state index in [0.29, 0.717) is 5.56 Å². The van der Waals surface area contributed by atoms with Crippen molar-refractivity contribution in [1.29, 1.82) is 10.8 Å². The molecule has 0 unspecified atom stereocenters. The average Bonchev–Trinajstić information content (AvgIpc) is 2.79. The third-order valence-corrected chi connectivity index (χ3v) is 6.21. The highest BCUT2D eigenvalue weighted by Crippen LogP contribution is 2.35. The van der Waals surface area contributed by atoms with Gasteiger partial charge in [0.05, 0.1) is 11.3 Å². The molecule has 1 saturated heterocycles. The minimum Gasteiger partial charge on any atom is -0.508 e. The number of benzene rings is 2. The molecule has 33 heavy (non-hydrogen) atoms. The van der Waals surface area contributed by atoms with Crippen LogP contribution in [0.15, 0.2) is 30.3 Å². The molecule has 2 aromatic rings. The fourth-order valence-electron chi connectivity index (χ4n) is 4.12. The molecule has 0 aliphatic carbocycles. The maximum atomic E-state index is 15.4. The van der Waals surface area contributed by atoms with Crippen molar-refractivity contribution in [1.82, 2.24) is 4.90 Å². The Labute approximate surface area is 195 Å². The molecule has 0 amide bonds. The van der Waals surface area contributed by atoms with E-state index in [-0.39, 0.29) is 46.8 Å². The van der Waals surface area contributed by atoms with Crippen LogP contribution in [0.25, 0.3) is 0 Å². The number of nitrogens with one attached hydrogen (secondary N) is 2. The Bertz CT molecular complexity index is 1030. The van der Waals surface area contributed by atoms with Crippen LogP contribution in [-0.4, -0.2) is 59.5 Å². The van der Waals surface area contributed by atoms with Crippen molar-refractivity contribution < 1.29 is 14.6 Å². The third-order valence-electron chi connectivity index (χ3n) is 6.21. The van der Waals surface area contributed by atoms with Crippen LogP contribution in [0, 0.1) is 16.6 Å². The molecule has 4 N–H and O–H groups in total. The number of likely N-dealkylation sites (N-methyl/N-ethyl adjacent to an activating group) is 1. The maximum absolute atomic E-state index is 15.4. The third kappa shape index (κ3) is 5.11. The Kier molecular flexibility index (Phi) is 7.58. The van der Waals surface area contributed by atoms with E-state index in [2.05, 4.69) is 16.7 Å². The molecule has 3 rings (SSSR count). The Hall–Kier alpha value is -3.13. The number of nitrogens with zero attached hydrogens (tertiary/aromatic N) is 3. The summed E-state index contributed by atoms with van der Waals surface area (Å²) in [6, 6.07) is 7.60. The molecule has 0 bridgehead atoms. The summed E-state index contributed by atoms with van der Waals surface area (Å²) in [6.07, 6.45) is 0.276. The van der Waals surface area contributed by atoms with Gasteiger partial charge in [0.1, 0.15) is 29.0 Å². The molecule has 0 aromatic heterocycles. The monoisotopic (exact) mass is 455 g/mol. The Morgan fingerprint density at radius 1 is 1.03 bits per heavy atom. The molecule has 178 valence electrons. The maximum Gasteiger partial charge on any atom is 0.149 e. The predicted octanol–water partition coefficient (Wildman–Crippen LogP) is 4.72. The van der Waals surface area contributed by atoms with Gasteiger partial charge in [-0.1, -0.05) is 27.7 Å². The number of rotatable bonds is 6. The molecule has 7 nitrogen and oxygen atoms in total. The lowest BCUT2D eigenvalue weighted by Gasteiger charge is -2.36. The van der Waals surface area contributed by atoms with Gasteiger partial charge >= 0.3 is 0 Å². The fraction of sp³-hybridized carbons (Fsp3) is 0.440. The molecule has 1 aliphatic rings. The predicted molar refractivity (Wildman–Crippen MR) is 132 cm³/mol. The number of halogens is 1. The summed E-state index contributed by atoms with van der Waals surface area (Å²) in [5.41, 5.74) is 1.56. The SMILES string of the molecule is CCC(=N)N(C(=N)c1cc(C(C)C)c(O)cc1O)c1ccc(N2CCN(CC)CC2)cc1F. The van der Waals surface area contributed by atoms with Crippen LogP contribution in [0.2, 0.25) is 0 Å². The minimum absolute atomic E-state index is 0.0294. The van der Waals surface area contributed by atoms with Gasteiger partial charge in [-0.05, 0) is 42.3 Å². The second-order valence-corrected chi connectivity index (χ2v) is 8.62. The van der Waals surface area contributed by atoms with Gasteiger partial charge in [0.25, 0.3) is 0 Å². The highest BCUT2D eigenvalue weighted by Gasteiger charge is 2.26. The van der Waals surface area contributed by atoms with E-state index in [0.717, 1.165) is 38.4 Å². The van der Waals surface area contributed by atoms with Gasteiger partial charge in [-0.3, -0.25) is 15.7 Å². The van der Waals surface area contributed by atoms with Crippen molar-refractivity contribution in [2.45, 2.75) is 40.0 Å². The zero-order valence-corrected chi connectivity index (χ0v) is 19.8. The molecule has 1 fully saturated rings. The fourth-order valence-corrected chi connectivity index (χ4v) is 4.12. The van der Waals surface area contributed by atoms with Crippen molar-refractivity contribution in [3.05, 3.63) is 47.3 Å². The molecule has 1 aliphatic heterocycles. The molecule has 8 heteroatoms. The van der Waals surface area contributed by atoms with Crippen molar-refractivity contribution in [2.75, 3.05) is 42.5 Å². The number of amidine groups is 2. The van der Waals surface area contributed by atoms with E-state index < -0.39 is 5.82 Å². The molecule has 0 atom stereocenters. The van der Waals surface area contributed by atoms with Crippen LogP contribution in [-0.2, 0) is 0 Å². The van der Waals surface area contributed by atoms with Crippen molar-refractivity contribution in [3.8, 4) is 11.5 Å². The van der Waals surface area contributed by atoms with Gasteiger partial charge in [0.15, 0.2) is 0 Å². The highest BCUT2D eigenvalue weighted by atomic mass is 19.1. The second kappa shape index (κ2) is 10.2. The van der Waals surface area contributed by atoms with Crippen LogP contribution in [0.3, 0.4) is 0 Å². The molecular formula is C25H34FN5O2. The molecule has 1 heterocycles. The van der Waals surface area contributed by atoms with E-state index >= 15 is 4.39 Å². The topological polar surface area (TPSA) is 97.9 Å². The van der Waals surface area contributed by atoms with Crippen LogP contribution in [0.5, 0.6) is 11.5 Å². The molecule has 0 spiro atoms. The number of aromatic hydroxyl groups is 2. The Balaban J connectivity index is 1.96. The summed E-state index contributed by atoms with van der Waals surface area (Å²) in [7, 11) is 0. The van der Waals surface area contributed by atoms with Crippen LogP contribution >= 0.6 is 0 Å². The van der Waals surface area contributed by atoms with Gasteiger partial charge in [-0.2, -0.15) is 0 Å². The lowest BCUT2D eigenvalue weighted by atomic mass is 9.98. The second-order valence-electron chi connectivity index (χ2n) is 8.62. The number of hydrogen-bond acceptors (Lipinski definition) is 6. The Morgan fingerprint density at radius 2 is 1.70 bits per heavy atom.